The highest BCUT2D eigenvalue weighted by atomic mass is 32.2. The summed E-state index contributed by atoms with van der Waals surface area (Å²) < 4.78 is 1.91. The minimum Gasteiger partial charge on any atom is -0.148 e. The normalized spacial score (nSPS) is 22.3. The Balaban J connectivity index is 2.37. The van der Waals surface area contributed by atoms with Crippen molar-refractivity contribution < 1.29 is 3.95 Å². The lowest BCUT2D eigenvalue weighted by molar-refractivity contribution is -0.464. The van der Waals surface area contributed by atoms with Gasteiger partial charge in [0.2, 0.25) is 5.88 Å². The second-order valence-electron chi connectivity index (χ2n) is 1.24. The Morgan fingerprint density at radius 1 is 1.67 bits per heavy atom. The van der Waals surface area contributed by atoms with Gasteiger partial charge in [0.15, 0.2) is 6.54 Å². The van der Waals surface area contributed by atoms with Crippen molar-refractivity contribution in [1.29, 1.82) is 0 Å². The lowest BCUT2D eigenvalue weighted by Crippen LogP contribution is -1.98. The van der Waals surface area contributed by atoms with Gasteiger partial charge in [0, 0.05) is 0 Å². The smallest absolute Gasteiger partial charge is 0.148 e. The zero-order valence-electron chi connectivity index (χ0n) is 3.39. The Labute approximate surface area is 46.9 Å². The fourth-order valence-corrected chi connectivity index (χ4v) is 1.64. The van der Waals surface area contributed by atoms with Gasteiger partial charge in [-0.2, -0.15) is 0 Å². The SMILES string of the molecule is S=[N+]1CCSC1. The highest BCUT2D eigenvalue weighted by Crippen LogP contribution is 2.05. The largest absolute Gasteiger partial charge is 0.264 e. The van der Waals surface area contributed by atoms with Crippen LogP contribution in [-0.2, 0) is 12.4 Å². The van der Waals surface area contributed by atoms with Gasteiger partial charge in [-0.15, -0.1) is 3.95 Å². The van der Waals surface area contributed by atoms with E-state index in [4.69, 9.17) is 12.4 Å². The van der Waals surface area contributed by atoms with E-state index >= 15 is 0 Å². The molecular weight excluding hydrogens is 114 g/mol. The lowest BCUT2D eigenvalue weighted by Gasteiger charge is -1.71. The summed E-state index contributed by atoms with van der Waals surface area (Å²) in [6.07, 6.45) is 0. The van der Waals surface area contributed by atoms with Crippen LogP contribution in [0.1, 0.15) is 0 Å². The molecule has 0 spiro atoms. The van der Waals surface area contributed by atoms with Crippen molar-refractivity contribution in [2.45, 2.75) is 0 Å². The Bertz CT molecular complexity index is 63.2. The molecule has 0 aromatic rings. The Morgan fingerprint density at radius 3 is 2.67 bits per heavy atom. The Kier molecular flexibility index (Phi) is 1.42. The van der Waals surface area contributed by atoms with E-state index in [1.165, 1.54) is 5.75 Å². The topological polar surface area (TPSA) is 3.01 Å². The molecule has 34 valence electrons. The van der Waals surface area contributed by atoms with Gasteiger partial charge in [-0.05, 0) is 0 Å². The fraction of sp³-hybridized carbons (Fsp3) is 1.00. The van der Waals surface area contributed by atoms with E-state index in [1.807, 2.05) is 15.7 Å². The molecule has 0 atom stereocenters. The third-order valence-electron chi connectivity index (χ3n) is 0.720. The average Bonchev–Trinajstić information content (AvgIpc) is 1.86. The third-order valence-corrected chi connectivity index (χ3v) is 2.16. The molecular formula is C3H6NS2+. The predicted octanol–water partition coefficient (Wildman–Crippen LogP) is 0.434. The summed E-state index contributed by atoms with van der Waals surface area (Å²) >= 11 is 6.72. The van der Waals surface area contributed by atoms with Crippen molar-refractivity contribution in [3.63, 3.8) is 0 Å². The van der Waals surface area contributed by atoms with E-state index in [1.54, 1.807) is 0 Å². The molecule has 1 fully saturated rings. The molecule has 0 aromatic heterocycles. The van der Waals surface area contributed by atoms with Gasteiger partial charge >= 0.3 is 0 Å². The average molecular weight is 120 g/mol. The molecule has 0 saturated carbocycles. The van der Waals surface area contributed by atoms with Crippen LogP contribution in [0.25, 0.3) is 0 Å². The minimum absolute atomic E-state index is 1.05. The van der Waals surface area contributed by atoms with E-state index in [-0.39, 0.29) is 0 Å². The number of rotatable bonds is 0. The first kappa shape index (κ1) is 4.53. The summed E-state index contributed by atoms with van der Waals surface area (Å²) in [5.74, 6) is 2.28. The van der Waals surface area contributed by atoms with Crippen LogP contribution < -0.4 is 0 Å². The molecule has 3 heteroatoms. The monoisotopic (exact) mass is 120 g/mol. The Hall–Kier alpha value is 0.370. The van der Waals surface area contributed by atoms with Crippen molar-refractivity contribution in [2.24, 2.45) is 0 Å². The van der Waals surface area contributed by atoms with Crippen LogP contribution in [-0.4, -0.2) is 22.1 Å². The van der Waals surface area contributed by atoms with E-state index in [0.29, 0.717) is 0 Å². The van der Waals surface area contributed by atoms with Crippen LogP contribution in [0.15, 0.2) is 0 Å². The summed E-state index contributed by atoms with van der Waals surface area (Å²) in [7, 11) is 0. The number of thioether (sulfide) groups is 1. The highest BCUT2D eigenvalue weighted by Gasteiger charge is 2.10. The van der Waals surface area contributed by atoms with E-state index in [9.17, 15) is 0 Å². The maximum Gasteiger partial charge on any atom is 0.264 e. The summed E-state index contributed by atoms with van der Waals surface area (Å²) in [4.78, 5) is 0. The molecule has 1 rings (SSSR count). The van der Waals surface area contributed by atoms with Crippen LogP contribution in [0.3, 0.4) is 0 Å². The molecule has 0 amide bonds. The van der Waals surface area contributed by atoms with E-state index < -0.39 is 0 Å². The molecule has 0 aromatic carbocycles. The van der Waals surface area contributed by atoms with Crippen LogP contribution >= 0.6 is 11.8 Å². The molecule has 1 aliphatic rings. The van der Waals surface area contributed by atoms with Gasteiger partial charge in [-0.25, -0.2) is 0 Å². The third kappa shape index (κ3) is 0.914. The van der Waals surface area contributed by atoms with Crippen molar-refractivity contribution >= 4 is 24.2 Å². The summed E-state index contributed by atoms with van der Waals surface area (Å²) in [6.45, 7) is 1.10. The highest BCUT2D eigenvalue weighted by molar-refractivity contribution is 7.99. The van der Waals surface area contributed by atoms with Crippen molar-refractivity contribution in [1.82, 2.24) is 0 Å². The first-order valence-electron chi connectivity index (χ1n) is 1.89. The molecule has 1 saturated heterocycles. The first-order valence-corrected chi connectivity index (χ1v) is 3.41. The molecule has 1 nitrogen and oxygen atoms in total. The maximum atomic E-state index is 4.81. The minimum atomic E-state index is 1.05. The molecule has 1 aliphatic heterocycles. The molecule has 0 N–H and O–H groups in total. The predicted molar refractivity (Wildman–Crippen MR) is 29.8 cm³/mol. The van der Waals surface area contributed by atoms with Gasteiger partial charge in [0.25, 0.3) is 12.4 Å². The van der Waals surface area contributed by atoms with E-state index in [2.05, 4.69) is 0 Å². The number of hydrogen-bond acceptors (Lipinski definition) is 2. The van der Waals surface area contributed by atoms with Crippen LogP contribution in [0, 0.1) is 0 Å². The van der Waals surface area contributed by atoms with Gasteiger partial charge < -0.3 is 0 Å². The van der Waals surface area contributed by atoms with Gasteiger partial charge in [0.05, 0.1) is 5.75 Å². The molecule has 0 bridgehead atoms. The second kappa shape index (κ2) is 1.89. The van der Waals surface area contributed by atoms with Crippen molar-refractivity contribution in [3.05, 3.63) is 0 Å². The standard InChI is InChI=1S/C3H6NS2/c5-4-1-2-6-3-4/h1-3H2/q+1. The molecule has 0 unspecified atom stereocenters. The zero-order chi connectivity index (χ0) is 4.41. The lowest BCUT2D eigenvalue weighted by atomic mass is 10.8. The first-order chi connectivity index (χ1) is 2.89. The van der Waals surface area contributed by atoms with Crippen LogP contribution in [0.5, 0.6) is 0 Å². The molecule has 6 heavy (non-hydrogen) atoms. The summed E-state index contributed by atoms with van der Waals surface area (Å²) in [5, 5.41) is 0. The molecule has 0 radical (unpaired) electrons. The maximum absolute atomic E-state index is 4.81. The van der Waals surface area contributed by atoms with E-state index in [0.717, 1.165) is 12.4 Å². The van der Waals surface area contributed by atoms with Crippen molar-refractivity contribution in [3.8, 4) is 0 Å². The van der Waals surface area contributed by atoms with Gasteiger partial charge in [-0.1, -0.05) is 11.8 Å². The Morgan fingerprint density at radius 2 is 2.50 bits per heavy atom. The molecule has 1 heterocycles. The fourth-order valence-electron chi connectivity index (χ4n) is 0.397. The zero-order valence-corrected chi connectivity index (χ0v) is 5.02. The molecule has 0 aliphatic carbocycles. The van der Waals surface area contributed by atoms with Crippen LogP contribution in [0.4, 0.5) is 0 Å². The summed E-state index contributed by atoms with van der Waals surface area (Å²) in [6, 6.07) is 0. The van der Waals surface area contributed by atoms with Gasteiger partial charge in [0.1, 0.15) is 0 Å². The second-order valence-corrected chi connectivity index (χ2v) is 2.83. The quantitative estimate of drug-likeness (QED) is 0.426. The van der Waals surface area contributed by atoms with Crippen LogP contribution in [0.2, 0.25) is 0 Å². The number of hydrogen-bond donors (Lipinski definition) is 0. The van der Waals surface area contributed by atoms with Gasteiger partial charge in [-0.3, -0.25) is 0 Å². The summed E-state index contributed by atoms with van der Waals surface area (Å²) in [5.41, 5.74) is 0. The number of nitrogens with zero attached hydrogens (tertiary/aromatic N) is 1. The van der Waals surface area contributed by atoms with Crippen molar-refractivity contribution in [2.75, 3.05) is 18.2 Å².